The van der Waals surface area contributed by atoms with E-state index in [-0.39, 0.29) is 11.9 Å². The molecule has 1 aromatic heterocycles. The average molecular weight is 334 g/mol. The highest BCUT2D eigenvalue weighted by molar-refractivity contribution is 6.31. The summed E-state index contributed by atoms with van der Waals surface area (Å²) in [5.74, 6) is 0.866. The standard InChI is InChI=1S/C17H20ClN3O2/c1-11-17(18)12(2)21(20-11)9-7-16(22)19-14-8-10-23-15-6-4-3-5-13(14)15/h3-6,14H,7-10H2,1-2H3,(H,19,22). The molecule has 0 bridgehead atoms. The van der Waals surface area contributed by atoms with Crippen LogP contribution in [0.15, 0.2) is 24.3 Å². The summed E-state index contributed by atoms with van der Waals surface area (Å²) in [6.45, 7) is 4.92. The molecule has 6 heteroatoms. The maximum atomic E-state index is 12.3. The lowest BCUT2D eigenvalue weighted by atomic mass is 10.0. The van der Waals surface area contributed by atoms with Crippen molar-refractivity contribution in [3.05, 3.63) is 46.2 Å². The third-order valence-electron chi connectivity index (χ3n) is 4.14. The van der Waals surface area contributed by atoms with Gasteiger partial charge in [-0.1, -0.05) is 29.8 Å². The molecule has 0 saturated heterocycles. The minimum absolute atomic E-state index is 0.00961. The zero-order chi connectivity index (χ0) is 16.4. The molecular formula is C17H20ClN3O2. The minimum atomic E-state index is 0.00961. The maximum Gasteiger partial charge on any atom is 0.222 e. The van der Waals surface area contributed by atoms with Gasteiger partial charge in [0.2, 0.25) is 5.91 Å². The highest BCUT2D eigenvalue weighted by Crippen LogP contribution is 2.31. The van der Waals surface area contributed by atoms with E-state index < -0.39 is 0 Å². The van der Waals surface area contributed by atoms with Gasteiger partial charge in [0, 0.05) is 18.4 Å². The van der Waals surface area contributed by atoms with Crippen molar-refractivity contribution in [3.8, 4) is 5.75 Å². The lowest BCUT2D eigenvalue weighted by Crippen LogP contribution is -2.32. The molecule has 1 aliphatic rings. The molecule has 0 aliphatic carbocycles. The number of aromatic nitrogens is 2. The summed E-state index contributed by atoms with van der Waals surface area (Å²) in [4.78, 5) is 12.3. The van der Waals surface area contributed by atoms with E-state index in [4.69, 9.17) is 16.3 Å². The molecule has 0 spiro atoms. The summed E-state index contributed by atoms with van der Waals surface area (Å²) < 4.78 is 7.40. The quantitative estimate of drug-likeness (QED) is 0.935. The fraction of sp³-hybridized carbons (Fsp3) is 0.412. The van der Waals surface area contributed by atoms with Crippen molar-refractivity contribution in [1.82, 2.24) is 15.1 Å². The van der Waals surface area contributed by atoms with Crippen LogP contribution in [-0.2, 0) is 11.3 Å². The number of ether oxygens (including phenoxy) is 1. The van der Waals surface area contributed by atoms with E-state index in [0.29, 0.717) is 24.6 Å². The normalized spacial score (nSPS) is 16.6. The van der Waals surface area contributed by atoms with E-state index in [1.165, 1.54) is 0 Å². The first-order chi connectivity index (χ1) is 11.1. The molecule has 2 aromatic rings. The molecule has 2 heterocycles. The smallest absolute Gasteiger partial charge is 0.222 e. The molecule has 1 amide bonds. The highest BCUT2D eigenvalue weighted by atomic mass is 35.5. The van der Waals surface area contributed by atoms with Crippen molar-refractivity contribution in [2.45, 2.75) is 39.3 Å². The molecule has 1 aliphatic heterocycles. The van der Waals surface area contributed by atoms with Crippen LogP contribution in [0.4, 0.5) is 0 Å². The number of nitrogens with one attached hydrogen (secondary N) is 1. The van der Waals surface area contributed by atoms with Crippen molar-refractivity contribution < 1.29 is 9.53 Å². The van der Waals surface area contributed by atoms with Gasteiger partial charge in [-0.15, -0.1) is 0 Å². The number of benzene rings is 1. The fourth-order valence-electron chi connectivity index (χ4n) is 2.86. The van der Waals surface area contributed by atoms with Gasteiger partial charge in [-0.3, -0.25) is 9.48 Å². The van der Waals surface area contributed by atoms with Gasteiger partial charge in [0.15, 0.2) is 0 Å². The van der Waals surface area contributed by atoms with Crippen molar-refractivity contribution >= 4 is 17.5 Å². The first kappa shape index (κ1) is 15.9. The molecular weight excluding hydrogens is 314 g/mol. The van der Waals surface area contributed by atoms with Crippen LogP contribution in [0.5, 0.6) is 5.75 Å². The van der Waals surface area contributed by atoms with Crippen LogP contribution in [0.3, 0.4) is 0 Å². The molecule has 0 radical (unpaired) electrons. The van der Waals surface area contributed by atoms with Gasteiger partial charge in [-0.2, -0.15) is 5.10 Å². The highest BCUT2D eigenvalue weighted by Gasteiger charge is 2.22. The minimum Gasteiger partial charge on any atom is -0.493 e. The summed E-state index contributed by atoms with van der Waals surface area (Å²) in [6.07, 6.45) is 1.16. The van der Waals surface area contributed by atoms with Crippen molar-refractivity contribution in [2.24, 2.45) is 0 Å². The van der Waals surface area contributed by atoms with Crippen LogP contribution < -0.4 is 10.1 Å². The number of amides is 1. The second-order valence-electron chi connectivity index (χ2n) is 5.75. The molecule has 1 unspecified atom stereocenters. The lowest BCUT2D eigenvalue weighted by molar-refractivity contribution is -0.122. The van der Waals surface area contributed by atoms with Crippen molar-refractivity contribution in [3.63, 3.8) is 0 Å². The molecule has 1 N–H and O–H groups in total. The summed E-state index contributed by atoms with van der Waals surface area (Å²) in [5.41, 5.74) is 2.73. The van der Waals surface area contributed by atoms with Crippen LogP contribution in [-0.4, -0.2) is 22.3 Å². The van der Waals surface area contributed by atoms with Crippen LogP contribution in [0.1, 0.15) is 35.8 Å². The molecule has 122 valence electrons. The monoisotopic (exact) mass is 333 g/mol. The van der Waals surface area contributed by atoms with E-state index in [1.807, 2.05) is 38.1 Å². The summed E-state index contributed by atoms with van der Waals surface area (Å²) >= 11 is 6.13. The zero-order valence-corrected chi connectivity index (χ0v) is 14.1. The number of para-hydroxylation sites is 1. The van der Waals surface area contributed by atoms with Crippen molar-refractivity contribution in [1.29, 1.82) is 0 Å². The second kappa shape index (κ2) is 6.62. The number of aryl methyl sites for hydroxylation is 2. The molecule has 23 heavy (non-hydrogen) atoms. The van der Waals surface area contributed by atoms with Gasteiger partial charge >= 0.3 is 0 Å². The SMILES string of the molecule is Cc1nn(CCC(=O)NC2CCOc3ccccc32)c(C)c1Cl. The molecule has 0 saturated carbocycles. The molecule has 0 fully saturated rings. The van der Waals surface area contributed by atoms with E-state index in [0.717, 1.165) is 29.1 Å². The number of hydrogen-bond acceptors (Lipinski definition) is 3. The maximum absolute atomic E-state index is 12.3. The molecule has 3 rings (SSSR count). The number of fused-ring (bicyclic) bond motifs is 1. The van der Waals surface area contributed by atoms with Crippen LogP contribution in [0.25, 0.3) is 0 Å². The topological polar surface area (TPSA) is 56.2 Å². The first-order valence-corrected chi connectivity index (χ1v) is 8.14. The third kappa shape index (κ3) is 3.34. The van der Waals surface area contributed by atoms with Crippen LogP contribution in [0.2, 0.25) is 5.02 Å². The van der Waals surface area contributed by atoms with Gasteiger partial charge in [0.1, 0.15) is 5.75 Å². The lowest BCUT2D eigenvalue weighted by Gasteiger charge is -2.26. The Hall–Kier alpha value is -2.01. The Labute approximate surface area is 140 Å². The predicted molar refractivity (Wildman–Crippen MR) is 88.8 cm³/mol. The Morgan fingerprint density at radius 1 is 1.43 bits per heavy atom. The Bertz CT molecular complexity index is 727. The fourth-order valence-corrected chi connectivity index (χ4v) is 2.99. The predicted octanol–water partition coefficient (Wildman–Crippen LogP) is 3.18. The Morgan fingerprint density at radius 2 is 2.22 bits per heavy atom. The van der Waals surface area contributed by atoms with Crippen LogP contribution in [0, 0.1) is 13.8 Å². The van der Waals surface area contributed by atoms with Gasteiger partial charge < -0.3 is 10.1 Å². The molecule has 5 nitrogen and oxygen atoms in total. The van der Waals surface area contributed by atoms with Crippen molar-refractivity contribution in [2.75, 3.05) is 6.61 Å². The number of rotatable bonds is 4. The Balaban J connectivity index is 1.61. The average Bonchev–Trinajstić information content (AvgIpc) is 2.80. The van der Waals surface area contributed by atoms with Crippen LogP contribution >= 0.6 is 11.6 Å². The van der Waals surface area contributed by atoms with E-state index in [1.54, 1.807) is 4.68 Å². The van der Waals surface area contributed by atoms with Gasteiger partial charge in [0.25, 0.3) is 0 Å². The molecule has 1 atom stereocenters. The number of carbonyl (C=O) groups excluding carboxylic acids is 1. The third-order valence-corrected chi connectivity index (χ3v) is 4.68. The Kier molecular flexibility index (Phi) is 4.57. The first-order valence-electron chi connectivity index (χ1n) is 7.77. The van der Waals surface area contributed by atoms with E-state index >= 15 is 0 Å². The zero-order valence-electron chi connectivity index (χ0n) is 13.3. The van der Waals surface area contributed by atoms with Gasteiger partial charge in [0.05, 0.1) is 35.6 Å². The summed E-state index contributed by atoms with van der Waals surface area (Å²) in [7, 11) is 0. The van der Waals surface area contributed by atoms with E-state index in [2.05, 4.69) is 10.4 Å². The number of nitrogens with zero attached hydrogens (tertiary/aromatic N) is 2. The summed E-state index contributed by atoms with van der Waals surface area (Å²) in [5, 5.41) is 8.11. The second-order valence-corrected chi connectivity index (χ2v) is 6.13. The van der Waals surface area contributed by atoms with Gasteiger partial charge in [-0.05, 0) is 19.9 Å². The number of halogens is 1. The molecule has 1 aromatic carbocycles. The number of hydrogen-bond donors (Lipinski definition) is 1. The van der Waals surface area contributed by atoms with Gasteiger partial charge in [-0.25, -0.2) is 0 Å². The largest absolute Gasteiger partial charge is 0.493 e. The Morgan fingerprint density at radius 3 is 2.96 bits per heavy atom. The van der Waals surface area contributed by atoms with E-state index in [9.17, 15) is 4.79 Å². The number of carbonyl (C=O) groups is 1. The summed E-state index contributed by atoms with van der Waals surface area (Å²) in [6, 6.07) is 7.85.